The Labute approximate surface area is 237 Å². The standard InChI is InChI=1S/C30H32BrClN2O4/c1-3-38-26-16-21(24(31)18-23(26)30(36)37)17-27(35)33-29(20-10-8-11-22(32)15-20)28-19(2)9-7-12-25(28)34-13-5-4-6-14-34/h7-12,15-16,18,29H,3-6,13-14,17H2,1-2H3,(H,33,35)(H,36,37). The topological polar surface area (TPSA) is 78.9 Å². The molecule has 1 aliphatic heterocycles. The summed E-state index contributed by atoms with van der Waals surface area (Å²) in [4.78, 5) is 27.6. The molecule has 0 spiro atoms. The van der Waals surface area contributed by atoms with Gasteiger partial charge in [-0.25, -0.2) is 4.79 Å². The summed E-state index contributed by atoms with van der Waals surface area (Å²) >= 11 is 9.84. The van der Waals surface area contributed by atoms with Gasteiger partial charge in [-0.15, -0.1) is 0 Å². The Morgan fingerprint density at radius 3 is 2.53 bits per heavy atom. The predicted molar refractivity (Wildman–Crippen MR) is 155 cm³/mol. The van der Waals surface area contributed by atoms with Crippen molar-refractivity contribution in [2.24, 2.45) is 0 Å². The molecule has 8 heteroatoms. The number of carboxylic acid groups (broad SMARTS) is 1. The molecule has 3 aromatic carbocycles. The summed E-state index contributed by atoms with van der Waals surface area (Å²) in [6.07, 6.45) is 3.56. The first-order valence-electron chi connectivity index (χ1n) is 12.9. The fraction of sp³-hybridized carbons (Fsp3) is 0.333. The predicted octanol–water partition coefficient (Wildman–Crippen LogP) is 6.95. The van der Waals surface area contributed by atoms with Crippen LogP contribution in [0.25, 0.3) is 0 Å². The van der Waals surface area contributed by atoms with Crippen LogP contribution in [0.15, 0.2) is 59.1 Å². The van der Waals surface area contributed by atoms with Crippen LogP contribution >= 0.6 is 27.5 Å². The van der Waals surface area contributed by atoms with E-state index in [1.165, 1.54) is 12.5 Å². The molecule has 1 atom stereocenters. The van der Waals surface area contributed by atoms with E-state index in [2.05, 4.69) is 51.3 Å². The minimum absolute atomic E-state index is 0.0442. The number of nitrogens with one attached hydrogen (secondary N) is 1. The van der Waals surface area contributed by atoms with Crippen LogP contribution in [0.2, 0.25) is 5.02 Å². The van der Waals surface area contributed by atoms with Crippen molar-refractivity contribution in [1.82, 2.24) is 5.32 Å². The van der Waals surface area contributed by atoms with Gasteiger partial charge in [0, 0.05) is 33.8 Å². The number of amides is 1. The number of anilines is 1. The van der Waals surface area contributed by atoms with Crippen LogP contribution in [-0.2, 0) is 11.2 Å². The molecule has 0 bridgehead atoms. The first kappa shape index (κ1) is 28.0. The quantitative estimate of drug-likeness (QED) is 0.278. The third-order valence-electron chi connectivity index (χ3n) is 6.80. The van der Waals surface area contributed by atoms with Crippen molar-refractivity contribution in [2.75, 3.05) is 24.6 Å². The smallest absolute Gasteiger partial charge is 0.339 e. The third-order valence-corrected chi connectivity index (χ3v) is 7.78. The Bertz CT molecular complexity index is 1320. The average molecular weight is 600 g/mol. The van der Waals surface area contributed by atoms with Crippen molar-refractivity contribution in [3.8, 4) is 5.75 Å². The molecule has 0 saturated carbocycles. The summed E-state index contributed by atoms with van der Waals surface area (Å²) in [6, 6.07) is 16.6. The van der Waals surface area contributed by atoms with E-state index in [4.69, 9.17) is 16.3 Å². The van der Waals surface area contributed by atoms with Crippen LogP contribution in [0, 0.1) is 6.92 Å². The normalized spacial score (nSPS) is 14.2. The maximum absolute atomic E-state index is 13.6. The lowest BCUT2D eigenvalue weighted by Gasteiger charge is -2.34. The highest BCUT2D eigenvalue weighted by Gasteiger charge is 2.26. The van der Waals surface area contributed by atoms with E-state index in [9.17, 15) is 14.7 Å². The van der Waals surface area contributed by atoms with Gasteiger partial charge in [-0.05, 0) is 80.1 Å². The number of hydrogen-bond acceptors (Lipinski definition) is 4. The van der Waals surface area contributed by atoms with Crippen LogP contribution < -0.4 is 15.0 Å². The summed E-state index contributed by atoms with van der Waals surface area (Å²) in [5.74, 6) is -1.05. The van der Waals surface area contributed by atoms with E-state index >= 15 is 0 Å². The fourth-order valence-corrected chi connectivity index (χ4v) is 5.70. The molecule has 2 N–H and O–H groups in total. The van der Waals surface area contributed by atoms with Crippen LogP contribution in [0.5, 0.6) is 5.75 Å². The molecule has 38 heavy (non-hydrogen) atoms. The Balaban J connectivity index is 1.71. The van der Waals surface area contributed by atoms with E-state index in [1.54, 1.807) is 13.0 Å². The molecule has 1 saturated heterocycles. The number of ether oxygens (including phenoxy) is 1. The SMILES string of the molecule is CCOc1cc(CC(=O)NC(c2cccc(Cl)c2)c2c(C)cccc2N2CCCCC2)c(Br)cc1C(=O)O. The van der Waals surface area contributed by atoms with Crippen molar-refractivity contribution >= 4 is 45.1 Å². The highest BCUT2D eigenvalue weighted by Crippen LogP contribution is 2.36. The van der Waals surface area contributed by atoms with E-state index in [1.807, 2.05) is 24.3 Å². The van der Waals surface area contributed by atoms with Crippen molar-refractivity contribution < 1.29 is 19.4 Å². The molecular formula is C30H32BrClN2O4. The molecule has 1 aliphatic rings. The maximum atomic E-state index is 13.6. The number of aryl methyl sites for hydroxylation is 1. The minimum Gasteiger partial charge on any atom is -0.493 e. The molecule has 6 nitrogen and oxygen atoms in total. The number of piperidine rings is 1. The lowest BCUT2D eigenvalue weighted by molar-refractivity contribution is -0.120. The van der Waals surface area contributed by atoms with E-state index in [0.29, 0.717) is 21.7 Å². The van der Waals surface area contributed by atoms with Gasteiger partial charge in [0.2, 0.25) is 5.91 Å². The van der Waals surface area contributed by atoms with Crippen molar-refractivity contribution in [3.05, 3.63) is 91.9 Å². The number of benzene rings is 3. The average Bonchev–Trinajstić information content (AvgIpc) is 2.89. The van der Waals surface area contributed by atoms with Crippen LogP contribution in [-0.4, -0.2) is 36.7 Å². The minimum atomic E-state index is -1.09. The first-order valence-corrected chi connectivity index (χ1v) is 14.0. The fourth-order valence-electron chi connectivity index (χ4n) is 5.02. The lowest BCUT2D eigenvalue weighted by Crippen LogP contribution is -2.35. The number of aromatic carboxylic acids is 1. The highest BCUT2D eigenvalue weighted by atomic mass is 79.9. The zero-order valence-corrected chi connectivity index (χ0v) is 23.9. The Kier molecular flexibility index (Phi) is 9.34. The number of nitrogens with zero attached hydrogens (tertiary/aromatic N) is 1. The van der Waals surface area contributed by atoms with E-state index in [-0.39, 0.29) is 23.6 Å². The summed E-state index contributed by atoms with van der Waals surface area (Å²) < 4.78 is 6.09. The Hall–Kier alpha value is -3.03. The number of carboxylic acids is 1. The van der Waals surface area contributed by atoms with Crippen molar-refractivity contribution in [1.29, 1.82) is 0 Å². The largest absolute Gasteiger partial charge is 0.493 e. The zero-order chi connectivity index (χ0) is 27.2. The molecular weight excluding hydrogens is 568 g/mol. The number of carbonyl (C=O) groups is 2. The second kappa shape index (κ2) is 12.7. The van der Waals surface area contributed by atoms with E-state index < -0.39 is 12.0 Å². The summed E-state index contributed by atoms with van der Waals surface area (Å²) in [5.41, 5.74) is 4.85. The number of hydrogen-bond donors (Lipinski definition) is 2. The van der Waals surface area contributed by atoms with Gasteiger partial charge < -0.3 is 20.1 Å². The summed E-state index contributed by atoms with van der Waals surface area (Å²) in [5, 5.41) is 13.4. The molecule has 1 heterocycles. The first-order chi connectivity index (χ1) is 18.3. The number of carbonyl (C=O) groups excluding carboxylic acids is 1. The van der Waals surface area contributed by atoms with Gasteiger partial charge in [-0.2, -0.15) is 0 Å². The third kappa shape index (κ3) is 6.51. The molecule has 0 aliphatic carbocycles. The lowest BCUT2D eigenvalue weighted by atomic mass is 9.91. The molecule has 0 radical (unpaired) electrons. The molecule has 1 amide bonds. The Morgan fingerprint density at radius 1 is 1.11 bits per heavy atom. The maximum Gasteiger partial charge on any atom is 0.339 e. The molecule has 200 valence electrons. The van der Waals surface area contributed by atoms with Crippen LogP contribution in [0.3, 0.4) is 0 Å². The molecule has 4 rings (SSSR count). The Morgan fingerprint density at radius 2 is 1.84 bits per heavy atom. The highest BCUT2D eigenvalue weighted by molar-refractivity contribution is 9.10. The van der Waals surface area contributed by atoms with Crippen molar-refractivity contribution in [2.45, 2.75) is 45.6 Å². The van der Waals surface area contributed by atoms with Gasteiger partial charge in [-0.1, -0.05) is 51.8 Å². The molecule has 3 aromatic rings. The molecule has 1 fully saturated rings. The number of halogens is 2. The van der Waals surface area contributed by atoms with Gasteiger partial charge in [0.05, 0.1) is 19.1 Å². The second-order valence-electron chi connectivity index (χ2n) is 9.47. The molecule has 1 unspecified atom stereocenters. The summed E-state index contributed by atoms with van der Waals surface area (Å²) in [7, 11) is 0. The van der Waals surface area contributed by atoms with E-state index in [0.717, 1.165) is 48.3 Å². The van der Waals surface area contributed by atoms with Gasteiger partial charge in [0.25, 0.3) is 0 Å². The monoisotopic (exact) mass is 598 g/mol. The van der Waals surface area contributed by atoms with Gasteiger partial charge >= 0.3 is 5.97 Å². The van der Waals surface area contributed by atoms with Crippen LogP contribution in [0.1, 0.15) is 64.8 Å². The van der Waals surface area contributed by atoms with Gasteiger partial charge in [-0.3, -0.25) is 4.79 Å². The number of rotatable bonds is 9. The van der Waals surface area contributed by atoms with Crippen molar-refractivity contribution in [3.63, 3.8) is 0 Å². The summed E-state index contributed by atoms with van der Waals surface area (Å²) in [6.45, 7) is 6.14. The zero-order valence-electron chi connectivity index (χ0n) is 21.6. The molecule has 0 aromatic heterocycles. The van der Waals surface area contributed by atoms with Crippen LogP contribution in [0.4, 0.5) is 5.69 Å². The van der Waals surface area contributed by atoms with Gasteiger partial charge in [0.15, 0.2) is 0 Å². The second-order valence-corrected chi connectivity index (χ2v) is 10.8. The van der Waals surface area contributed by atoms with Gasteiger partial charge in [0.1, 0.15) is 11.3 Å².